The van der Waals surface area contributed by atoms with E-state index in [1.165, 1.54) is 17.5 Å². The van der Waals surface area contributed by atoms with Crippen LogP contribution in [0.5, 0.6) is 5.75 Å². The number of nitrogens with one attached hydrogen (secondary N) is 1. The fourth-order valence-corrected chi connectivity index (χ4v) is 3.42. The van der Waals surface area contributed by atoms with E-state index in [1.807, 2.05) is 24.3 Å². The van der Waals surface area contributed by atoms with E-state index in [1.54, 1.807) is 6.20 Å². The Balaban J connectivity index is 1.29. The van der Waals surface area contributed by atoms with Crippen molar-refractivity contribution in [3.05, 3.63) is 47.7 Å². The first-order valence-corrected chi connectivity index (χ1v) is 9.11. The van der Waals surface area contributed by atoms with Gasteiger partial charge in [-0.1, -0.05) is 6.07 Å². The van der Waals surface area contributed by atoms with Crippen molar-refractivity contribution in [2.24, 2.45) is 0 Å². The van der Waals surface area contributed by atoms with Gasteiger partial charge in [0.2, 0.25) is 0 Å². The lowest BCUT2D eigenvalue weighted by atomic mass is 10.1. The van der Waals surface area contributed by atoms with Gasteiger partial charge < -0.3 is 19.7 Å². The van der Waals surface area contributed by atoms with Crippen LogP contribution in [0.15, 0.2) is 36.5 Å². The summed E-state index contributed by atoms with van der Waals surface area (Å²) in [6, 6.07) is 9.88. The zero-order valence-electron chi connectivity index (χ0n) is 14.7. The largest absolute Gasteiger partial charge is 0.484 e. The number of benzene rings is 1. The number of hydrogen-bond acceptors (Lipinski definition) is 5. The molecule has 136 valence electrons. The number of rotatable bonds is 5. The van der Waals surface area contributed by atoms with E-state index in [9.17, 15) is 4.79 Å². The number of carbonyl (C=O) groups is 1. The van der Waals surface area contributed by atoms with Crippen LogP contribution < -0.4 is 15.0 Å². The maximum Gasteiger partial charge on any atom is 0.262 e. The molecule has 1 aliphatic heterocycles. The van der Waals surface area contributed by atoms with Crippen molar-refractivity contribution >= 4 is 17.4 Å². The molecule has 1 N–H and O–H groups in total. The van der Waals surface area contributed by atoms with Gasteiger partial charge in [0.1, 0.15) is 11.6 Å². The van der Waals surface area contributed by atoms with Crippen molar-refractivity contribution in [3.8, 4) is 5.75 Å². The first-order chi connectivity index (χ1) is 12.8. The highest BCUT2D eigenvalue weighted by molar-refractivity contribution is 5.91. The molecule has 2 heterocycles. The van der Waals surface area contributed by atoms with Gasteiger partial charge in [0.25, 0.3) is 5.91 Å². The van der Waals surface area contributed by atoms with Gasteiger partial charge in [-0.2, -0.15) is 0 Å². The zero-order valence-corrected chi connectivity index (χ0v) is 14.7. The van der Waals surface area contributed by atoms with E-state index in [-0.39, 0.29) is 12.5 Å². The number of pyridine rings is 1. The Morgan fingerprint density at radius 3 is 2.81 bits per heavy atom. The maximum absolute atomic E-state index is 12.1. The van der Waals surface area contributed by atoms with E-state index in [2.05, 4.69) is 21.3 Å². The molecule has 6 heteroatoms. The molecule has 0 radical (unpaired) electrons. The number of amides is 1. The molecule has 1 saturated heterocycles. The third-order valence-corrected chi connectivity index (χ3v) is 4.81. The summed E-state index contributed by atoms with van der Waals surface area (Å²) in [5.41, 5.74) is 3.41. The highest BCUT2D eigenvalue weighted by Crippen LogP contribution is 2.26. The summed E-state index contributed by atoms with van der Waals surface area (Å²) in [7, 11) is 0. The number of aromatic nitrogens is 1. The summed E-state index contributed by atoms with van der Waals surface area (Å²) in [6.45, 7) is 3.12. The highest BCUT2D eigenvalue weighted by atomic mass is 16.5. The summed E-state index contributed by atoms with van der Waals surface area (Å²) >= 11 is 0. The van der Waals surface area contributed by atoms with Gasteiger partial charge in [0, 0.05) is 13.1 Å². The van der Waals surface area contributed by atoms with Crippen molar-refractivity contribution < 1.29 is 14.3 Å². The first-order valence-electron chi connectivity index (χ1n) is 9.11. The van der Waals surface area contributed by atoms with Crippen LogP contribution in [0.4, 0.5) is 11.5 Å². The summed E-state index contributed by atoms with van der Waals surface area (Å²) in [4.78, 5) is 18.7. The second-order valence-corrected chi connectivity index (χ2v) is 6.63. The molecule has 26 heavy (non-hydrogen) atoms. The summed E-state index contributed by atoms with van der Waals surface area (Å²) in [6.07, 6.45) is 5.12. The second-order valence-electron chi connectivity index (χ2n) is 6.63. The van der Waals surface area contributed by atoms with Gasteiger partial charge in [0.15, 0.2) is 6.61 Å². The molecule has 1 fully saturated rings. The van der Waals surface area contributed by atoms with Gasteiger partial charge >= 0.3 is 0 Å². The molecular weight excluding hydrogens is 330 g/mol. The Hall–Kier alpha value is -2.60. The minimum absolute atomic E-state index is 0.00992. The van der Waals surface area contributed by atoms with Gasteiger partial charge in [-0.05, 0) is 54.7 Å². The molecule has 0 unspecified atom stereocenters. The SMILES string of the molecule is O=C(COc1ccc2c(c1)CCC2)Nc1ccc(N2CCOCC2)nc1. The van der Waals surface area contributed by atoms with E-state index < -0.39 is 0 Å². The summed E-state index contributed by atoms with van der Waals surface area (Å²) in [5.74, 6) is 1.47. The molecule has 2 aromatic rings. The number of anilines is 2. The van der Waals surface area contributed by atoms with Crippen LogP contribution in [0.3, 0.4) is 0 Å². The molecule has 1 amide bonds. The Labute approximate surface area is 153 Å². The Kier molecular flexibility index (Phi) is 5.02. The molecule has 1 aromatic carbocycles. The molecule has 0 bridgehead atoms. The molecule has 0 atom stereocenters. The number of fused-ring (bicyclic) bond motifs is 1. The standard InChI is InChI=1S/C20H23N3O3/c24-20(14-26-18-6-4-15-2-1-3-16(15)12-18)22-17-5-7-19(21-13-17)23-8-10-25-11-9-23/h4-7,12-13H,1-3,8-11,14H2,(H,22,24). The van der Waals surface area contributed by atoms with Gasteiger partial charge in [-0.3, -0.25) is 4.79 Å². The lowest BCUT2D eigenvalue weighted by Gasteiger charge is -2.27. The van der Waals surface area contributed by atoms with Crippen molar-refractivity contribution in [3.63, 3.8) is 0 Å². The fraction of sp³-hybridized carbons (Fsp3) is 0.400. The van der Waals surface area contributed by atoms with Crippen LogP contribution in [0, 0.1) is 0 Å². The minimum atomic E-state index is -0.188. The van der Waals surface area contributed by atoms with Crippen molar-refractivity contribution in [2.75, 3.05) is 43.1 Å². The predicted octanol–water partition coefficient (Wildman–Crippen LogP) is 2.42. The Morgan fingerprint density at radius 2 is 2.00 bits per heavy atom. The van der Waals surface area contributed by atoms with E-state index in [4.69, 9.17) is 9.47 Å². The van der Waals surface area contributed by atoms with Crippen LogP contribution in [-0.2, 0) is 22.4 Å². The predicted molar refractivity (Wildman–Crippen MR) is 99.9 cm³/mol. The average Bonchev–Trinajstić information content (AvgIpc) is 3.15. The van der Waals surface area contributed by atoms with Crippen LogP contribution in [0.1, 0.15) is 17.5 Å². The third-order valence-electron chi connectivity index (χ3n) is 4.81. The second kappa shape index (κ2) is 7.74. The Bertz CT molecular complexity index is 770. The number of ether oxygens (including phenoxy) is 2. The smallest absolute Gasteiger partial charge is 0.262 e. The van der Waals surface area contributed by atoms with Crippen LogP contribution in [0.2, 0.25) is 0 Å². The van der Waals surface area contributed by atoms with Crippen LogP contribution >= 0.6 is 0 Å². The van der Waals surface area contributed by atoms with Crippen molar-refractivity contribution in [2.45, 2.75) is 19.3 Å². The molecule has 1 aliphatic carbocycles. The highest BCUT2D eigenvalue weighted by Gasteiger charge is 2.13. The number of morpholine rings is 1. The van der Waals surface area contributed by atoms with E-state index in [0.717, 1.165) is 50.7 Å². The van der Waals surface area contributed by atoms with Crippen molar-refractivity contribution in [1.29, 1.82) is 0 Å². The molecule has 2 aliphatic rings. The number of aryl methyl sites for hydroxylation is 2. The molecule has 6 nitrogen and oxygen atoms in total. The van der Waals surface area contributed by atoms with Crippen LogP contribution in [0.25, 0.3) is 0 Å². The minimum Gasteiger partial charge on any atom is -0.484 e. The summed E-state index contributed by atoms with van der Waals surface area (Å²) in [5, 5.41) is 2.82. The molecule has 0 spiro atoms. The molecular formula is C20H23N3O3. The van der Waals surface area contributed by atoms with Gasteiger partial charge in [-0.15, -0.1) is 0 Å². The zero-order chi connectivity index (χ0) is 17.8. The number of nitrogens with zero attached hydrogens (tertiary/aromatic N) is 2. The monoisotopic (exact) mass is 353 g/mol. The lowest BCUT2D eigenvalue weighted by Crippen LogP contribution is -2.36. The molecule has 0 saturated carbocycles. The van der Waals surface area contributed by atoms with Crippen LogP contribution in [-0.4, -0.2) is 43.8 Å². The average molecular weight is 353 g/mol. The Morgan fingerprint density at radius 1 is 1.15 bits per heavy atom. The third kappa shape index (κ3) is 3.96. The lowest BCUT2D eigenvalue weighted by molar-refractivity contribution is -0.118. The normalized spacial score (nSPS) is 16.2. The number of hydrogen-bond donors (Lipinski definition) is 1. The summed E-state index contributed by atoms with van der Waals surface area (Å²) < 4.78 is 11.0. The topological polar surface area (TPSA) is 63.7 Å². The van der Waals surface area contributed by atoms with Gasteiger partial charge in [-0.25, -0.2) is 4.98 Å². The van der Waals surface area contributed by atoms with E-state index in [0.29, 0.717) is 5.69 Å². The first kappa shape index (κ1) is 16.8. The van der Waals surface area contributed by atoms with E-state index >= 15 is 0 Å². The fourth-order valence-electron chi connectivity index (χ4n) is 3.42. The quantitative estimate of drug-likeness (QED) is 0.894. The van der Waals surface area contributed by atoms with Gasteiger partial charge in [0.05, 0.1) is 25.1 Å². The number of carbonyl (C=O) groups excluding carboxylic acids is 1. The molecule has 1 aromatic heterocycles. The molecule has 4 rings (SSSR count). The van der Waals surface area contributed by atoms with Crippen molar-refractivity contribution in [1.82, 2.24) is 4.98 Å². The maximum atomic E-state index is 12.1.